The van der Waals surface area contributed by atoms with E-state index in [2.05, 4.69) is 6.07 Å². The first-order valence-corrected chi connectivity index (χ1v) is 8.94. The monoisotopic (exact) mass is 383 g/mol. The smallest absolute Gasteiger partial charge is 0.260 e. The Bertz CT molecular complexity index is 596. The fraction of sp³-hybridized carbons (Fsp3) is 0.579. The molecule has 7 heteroatoms. The van der Waals surface area contributed by atoms with E-state index in [1.807, 2.05) is 32.9 Å². The molecule has 1 aromatic carbocycles. The van der Waals surface area contributed by atoms with Crippen LogP contribution in [0, 0.1) is 13.8 Å². The van der Waals surface area contributed by atoms with Gasteiger partial charge in [-0.3, -0.25) is 9.59 Å². The highest BCUT2D eigenvalue weighted by Crippen LogP contribution is 2.16. The van der Waals surface area contributed by atoms with Crippen molar-refractivity contribution in [3.8, 4) is 5.75 Å². The fourth-order valence-corrected chi connectivity index (χ4v) is 3.10. The zero-order valence-electron chi connectivity index (χ0n) is 15.9. The Hall–Kier alpha value is -1.79. The van der Waals surface area contributed by atoms with E-state index in [0.717, 1.165) is 17.5 Å². The molecule has 26 heavy (non-hydrogen) atoms. The molecule has 0 aromatic heterocycles. The number of carbonyl (C=O) groups excluding carboxylic acids is 2. The second-order valence-electron chi connectivity index (χ2n) is 6.71. The van der Waals surface area contributed by atoms with Crippen molar-refractivity contribution < 1.29 is 14.3 Å². The highest BCUT2D eigenvalue weighted by molar-refractivity contribution is 5.85. The summed E-state index contributed by atoms with van der Waals surface area (Å²) in [6, 6.07) is 5.48. The van der Waals surface area contributed by atoms with E-state index in [9.17, 15) is 9.59 Å². The minimum absolute atomic E-state index is 0. The van der Waals surface area contributed by atoms with Gasteiger partial charge >= 0.3 is 0 Å². The number of aryl methyl sites for hydroxylation is 2. The van der Waals surface area contributed by atoms with Crippen molar-refractivity contribution in [2.75, 3.05) is 32.8 Å². The third kappa shape index (κ3) is 6.18. The van der Waals surface area contributed by atoms with Crippen LogP contribution in [0.4, 0.5) is 0 Å². The predicted octanol–water partition coefficient (Wildman–Crippen LogP) is 1.90. The number of hydrogen-bond donors (Lipinski definition) is 1. The van der Waals surface area contributed by atoms with E-state index in [1.54, 1.807) is 9.80 Å². The molecule has 1 fully saturated rings. The molecule has 2 N–H and O–H groups in total. The molecular weight excluding hydrogens is 354 g/mol. The third-order valence-electron chi connectivity index (χ3n) is 4.42. The summed E-state index contributed by atoms with van der Waals surface area (Å²) < 4.78 is 5.64. The first-order valence-electron chi connectivity index (χ1n) is 8.94. The number of carbonyl (C=O) groups is 2. The van der Waals surface area contributed by atoms with Gasteiger partial charge in [0.2, 0.25) is 5.91 Å². The zero-order chi connectivity index (χ0) is 18.4. The van der Waals surface area contributed by atoms with Crippen LogP contribution in [-0.2, 0) is 9.59 Å². The molecule has 1 aromatic rings. The van der Waals surface area contributed by atoms with Crippen LogP contribution in [0.5, 0.6) is 5.75 Å². The van der Waals surface area contributed by atoms with E-state index < -0.39 is 6.04 Å². The number of benzene rings is 1. The lowest BCUT2D eigenvalue weighted by atomic mass is 10.1. The van der Waals surface area contributed by atoms with Crippen LogP contribution >= 0.6 is 12.4 Å². The van der Waals surface area contributed by atoms with Gasteiger partial charge in [-0.1, -0.05) is 19.4 Å². The summed E-state index contributed by atoms with van der Waals surface area (Å²) in [7, 11) is 0. The number of amides is 2. The van der Waals surface area contributed by atoms with Gasteiger partial charge in [0, 0.05) is 26.2 Å². The molecule has 0 radical (unpaired) electrons. The Labute approximate surface area is 162 Å². The molecule has 1 heterocycles. The van der Waals surface area contributed by atoms with E-state index in [1.165, 1.54) is 0 Å². The Morgan fingerprint density at radius 1 is 1.08 bits per heavy atom. The first-order chi connectivity index (χ1) is 11.9. The summed E-state index contributed by atoms with van der Waals surface area (Å²) in [4.78, 5) is 28.0. The largest absolute Gasteiger partial charge is 0.484 e. The van der Waals surface area contributed by atoms with Crippen LogP contribution in [-0.4, -0.2) is 60.4 Å². The number of rotatable bonds is 6. The van der Waals surface area contributed by atoms with Crippen LogP contribution < -0.4 is 10.5 Å². The van der Waals surface area contributed by atoms with E-state index in [4.69, 9.17) is 10.5 Å². The molecule has 1 aliphatic heterocycles. The second-order valence-corrected chi connectivity index (χ2v) is 6.71. The predicted molar refractivity (Wildman–Crippen MR) is 105 cm³/mol. The van der Waals surface area contributed by atoms with Crippen molar-refractivity contribution >= 4 is 24.2 Å². The summed E-state index contributed by atoms with van der Waals surface area (Å²) in [5.41, 5.74) is 8.12. The highest BCUT2D eigenvalue weighted by Gasteiger charge is 2.26. The molecule has 2 amide bonds. The molecular formula is C19H30ClN3O3. The van der Waals surface area contributed by atoms with Crippen molar-refractivity contribution in [3.63, 3.8) is 0 Å². The van der Waals surface area contributed by atoms with Crippen LogP contribution in [0.1, 0.15) is 30.9 Å². The molecule has 1 aliphatic rings. The maximum absolute atomic E-state index is 12.3. The quantitative estimate of drug-likeness (QED) is 0.814. The Kier molecular flexibility index (Phi) is 8.88. The SMILES string of the molecule is CCCC(N)C(=O)N1CCN(C(=O)COc2cc(C)cc(C)c2)CC1.Cl. The van der Waals surface area contributed by atoms with Crippen molar-refractivity contribution in [1.82, 2.24) is 9.80 Å². The Morgan fingerprint density at radius 2 is 1.62 bits per heavy atom. The van der Waals surface area contributed by atoms with Gasteiger partial charge in [0.25, 0.3) is 5.91 Å². The number of halogens is 1. The van der Waals surface area contributed by atoms with Crippen LogP contribution in [0.2, 0.25) is 0 Å². The maximum Gasteiger partial charge on any atom is 0.260 e. The van der Waals surface area contributed by atoms with Crippen molar-refractivity contribution in [1.29, 1.82) is 0 Å². The number of piperazine rings is 1. The number of nitrogens with zero attached hydrogens (tertiary/aromatic N) is 2. The van der Waals surface area contributed by atoms with Gasteiger partial charge in [0.1, 0.15) is 5.75 Å². The minimum Gasteiger partial charge on any atom is -0.484 e. The third-order valence-corrected chi connectivity index (χ3v) is 4.42. The van der Waals surface area contributed by atoms with Crippen molar-refractivity contribution in [2.45, 2.75) is 39.7 Å². The van der Waals surface area contributed by atoms with E-state index >= 15 is 0 Å². The molecule has 0 aliphatic carbocycles. The lowest BCUT2D eigenvalue weighted by molar-refractivity contribution is -0.141. The topological polar surface area (TPSA) is 75.9 Å². The average Bonchev–Trinajstić information content (AvgIpc) is 2.58. The molecule has 1 atom stereocenters. The van der Waals surface area contributed by atoms with E-state index in [-0.39, 0.29) is 30.8 Å². The molecule has 2 rings (SSSR count). The Morgan fingerprint density at radius 3 is 2.15 bits per heavy atom. The summed E-state index contributed by atoms with van der Waals surface area (Å²) in [5, 5.41) is 0. The molecule has 146 valence electrons. The minimum atomic E-state index is -0.430. The number of nitrogens with two attached hydrogens (primary N) is 1. The maximum atomic E-state index is 12.3. The fourth-order valence-electron chi connectivity index (χ4n) is 3.10. The molecule has 1 unspecified atom stereocenters. The Balaban J connectivity index is 0.00000338. The second kappa shape index (κ2) is 10.4. The van der Waals surface area contributed by atoms with Crippen LogP contribution in [0.15, 0.2) is 18.2 Å². The summed E-state index contributed by atoms with van der Waals surface area (Å²) in [6.45, 7) is 8.16. The first kappa shape index (κ1) is 22.3. The number of ether oxygens (including phenoxy) is 1. The van der Waals surface area contributed by atoms with Gasteiger partial charge < -0.3 is 20.3 Å². The standard InChI is InChI=1S/C19H29N3O3.ClH/c1-4-5-17(20)19(24)22-8-6-21(7-9-22)18(23)13-25-16-11-14(2)10-15(3)12-16;/h10-12,17H,4-9,13,20H2,1-3H3;1H. The lowest BCUT2D eigenvalue weighted by Gasteiger charge is -2.35. The highest BCUT2D eigenvalue weighted by atomic mass is 35.5. The molecule has 6 nitrogen and oxygen atoms in total. The van der Waals surface area contributed by atoms with Crippen molar-refractivity contribution in [3.05, 3.63) is 29.3 Å². The lowest BCUT2D eigenvalue weighted by Crippen LogP contribution is -2.54. The zero-order valence-corrected chi connectivity index (χ0v) is 16.7. The van der Waals surface area contributed by atoms with Crippen LogP contribution in [0.3, 0.4) is 0 Å². The van der Waals surface area contributed by atoms with E-state index in [0.29, 0.717) is 38.3 Å². The molecule has 0 spiro atoms. The van der Waals surface area contributed by atoms with Gasteiger partial charge in [-0.25, -0.2) is 0 Å². The van der Waals surface area contributed by atoms with Gasteiger partial charge in [-0.2, -0.15) is 0 Å². The molecule has 0 saturated carbocycles. The van der Waals surface area contributed by atoms with Gasteiger partial charge in [-0.15, -0.1) is 12.4 Å². The van der Waals surface area contributed by atoms with Gasteiger partial charge in [0.15, 0.2) is 6.61 Å². The molecule has 0 bridgehead atoms. The normalized spacial score (nSPS) is 15.2. The van der Waals surface area contributed by atoms with Crippen molar-refractivity contribution in [2.24, 2.45) is 5.73 Å². The summed E-state index contributed by atoms with van der Waals surface area (Å²) in [5.74, 6) is 0.648. The number of hydrogen-bond acceptors (Lipinski definition) is 4. The van der Waals surface area contributed by atoms with Gasteiger partial charge in [0.05, 0.1) is 6.04 Å². The summed E-state index contributed by atoms with van der Waals surface area (Å²) >= 11 is 0. The van der Waals surface area contributed by atoms with Crippen LogP contribution in [0.25, 0.3) is 0 Å². The molecule has 1 saturated heterocycles. The average molecular weight is 384 g/mol. The summed E-state index contributed by atoms with van der Waals surface area (Å²) in [6.07, 6.45) is 1.59. The van der Waals surface area contributed by atoms with Gasteiger partial charge in [-0.05, 0) is 43.5 Å².